The largest absolute Gasteiger partial charge is 0.383 e. The van der Waals surface area contributed by atoms with Gasteiger partial charge in [-0.25, -0.2) is 8.78 Å². The van der Waals surface area contributed by atoms with Crippen molar-refractivity contribution in [3.05, 3.63) is 0 Å². The molecule has 1 rings (SSSR count). The molecule has 8 heteroatoms. The average Bonchev–Trinajstić information content (AvgIpc) is 2.35. The van der Waals surface area contributed by atoms with Gasteiger partial charge in [0.2, 0.25) is 0 Å². The third kappa shape index (κ3) is 4.41. The minimum absolute atomic E-state index is 0.0432. The number of nitrogens with zero attached hydrogens (tertiary/aromatic N) is 1. The van der Waals surface area contributed by atoms with Crippen LogP contribution in [0.1, 0.15) is 6.42 Å². The van der Waals surface area contributed by atoms with Gasteiger partial charge in [0.1, 0.15) is 0 Å². The molecule has 0 aromatic rings. The van der Waals surface area contributed by atoms with Crippen LogP contribution < -0.4 is 5.32 Å². The molecule has 0 aromatic carbocycles. The predicted molar refractivity (Wildman–Crippen MR) is 55.8 cm³/mol. The van der Waals surface area contributed by atoms with Crippen LogP contribution in [0, 0.1) is 0 Å². The van der Waals surface area contributed by atoms with Crippen molar-refractivity contribution in [1.29, 1.82) is 0 Å². The Morgan fingerprint density at radius 2 is 1.94 bits per heavy atom. The summed E-state index contributed by atoms with van der Waals surface area (Å²) in [6.07, 6.45) is -3.54. The Balaban J connectivity index is 2.15. The van der Waals surface area contributed by atoms with Gasteiger partial charge in [0.15, 0.2) is 0 Å². The Kier molecular flexibility index (Phi) is 5.80. The molecule has 0 saturated carbocycles. The van der Waals surface area contributed by atoms with E-state index >= 15 is 0 Å². The second-order valence-electron chi connectivity index (χ2n) is 3.99. The molecule has 0 spiro atoms. The first-order valence-electron chi connectivity index (χ1n) is 5.69. The molecule has 18 heavy (non-hydrogen) atoms. The van der Waals surface area contributed by atoms with Crippen LogP contribution in [0.5, 0.6) is 0 Å². The minimum atomic E-state index is -4.61. The van der Waals surface area contributed by atoms with Crippen LogP contribution in [0.15, 0.2) is 0 Å². The van der Waals surface area contributed by atoms with Gasteiger partial charge >= 0.3 is 12.3 Å². The summed E-state index contributed by atoms with van der Waals surface area (Å²) in [5.41, 5.74) is 0. The molecule has 1 N–H and O–H groups in total. The molecular weight excluding hydrogens is 256 g/mol. The first kappa shape index (κ1) is 15.2. The fourth-order valence-electron chi connectivity index (χ4n) is 1.55. The van der Waals surface area contributed by atoms with Crippen LogP contribution in [-0.4, -0.2) is 62.5 Å². The summed E-state index contributed by atoms with van der Waals surface area (Å²) in [5.74, 6) is -6.53. The third-order valence-corrected chi connectivity index (χ3v) is 2.62. The van der Waals surface area contributed by atoms with Gasteiger partial charge in [0, 0.05) is 19.6 Å². The van der Waals surface area contributed by atoms with Crippen molar-refractivity contribution < 1.29 is 27.1 Å². The van der Waals surface area contributed by atoms with Gasteiger partial charge in [0.05, 0.1) is 13.2 Å². The molecule has 1 saturated heterocycles. The molecule has 1 fully saturated rings. The molecule has 4 nitrogen and oxygen atoms in total. The number of carbonyl (C=O) groups excluding carboxylic acids is 1. The number of hydrogen-bond acceptors (Lipinski definition) is 3. The van der Waals surface area contributed by atoms with Gasteiger partial charge in [-0.1, -0.05) is 0 Å². The number of morpholine rings is 1. The summed E-state index contributed by atoms with van der Waals surface area (Å²) in [7, 11) is 0. The number of nitrogens with one attached hydrogen (secondary N) is 1. The quantitative estimate of drug-likeness (QED) is 0.572. The summed E-state index contributed by atoms with van der Waals surface area (Å²) in [4.78, 5) is 12.8. The van der Waals surface area contributed by atoms with Crippen LogP contribution in [0.3, 0.4) is 0 Å². The summed E-state index contributed by atoms with van der Waals surface area (Å²) < 4.78 is 53.8. The summed E-state index contributed by atoms with van der Waals surface area (Å²) in [6, 6.07) is 0. The molecule has 106 valence electrons. The lowest BCUT2D eigenvalue weighted by Gasteiger charge is -2.26. The van der Waals surface area contributed by atoms with E-state index in [0.717, 1.165) is 13.1 Å². The Labute approximate surface area is 102 Å². The summed E-state index contributed by atoms with van der Waals surface area (Å²) in [5, 5.41) is 1.82. The predicted octanol–water partition coefficient (Wildman–Crippen LogP) is 0.725. The highest BCUT2D eigenvalue weighted by atomic mass is 19.3. The number of alkyl halides is 4. The van der Waals surface area contributed by atoms with Crippen molar-refractivity contribution in [1.82, 2.24) is 10.2 Å². The molecule has 0 atom stereocenters. The lowest BCUT2D eigenvalue weighted by Crippen LogP contribution is -2.46. The van der Waals surface area contributed by atoms with Crippen molar-refractivity contribution in [2.45, 2.75) is 18.8 Å². The van der Waals surface area contributed by atoms with Crippen molar-refractivity contribution in [2.24, 2.45) is 0 Å². The normalized spacial score (nSPS) is 18.1. The topological polar surface area (TPSA) is 41.6 Å². The van der Waals surface area contributed by atoms with Crippen LogP contribution in [0.25, 0.3) is 0 Å². The smallest absolute Gasteiger partial charge is 0.379 e. The SMILES string of the molecule is O=C(NCCCN1CCOCC1)C(F)(F)C(F)F. The second-order valence-corrected chi connectivity index (χ2v) is 3.99. The van der Waals surface area contributed by atoms with Gasteiger partial charge in [-0.05, 0) is 13.0 Å². The van der Waals surface area contributed by atoms with Crippen molar-refractivity contribution in [3.63, 3.8) is 0 Å². The molecule has 1 amide bonds. The van der Waals surface area contributed by atoms with E-state index in [1.165, 1.54) is 0 Å². The second kappa shape index (κ2) is 6.89. The molecule has 0 aromatic heterocycles. The number of carbonyl (C=O) groups is 1. The molecule has 0 unspecified atom stereocenters. The van der Waals surface area contributed by atoms with Gasteiger partial charge in [-0.15, -0.1) is 0 Å². The number of ether oxygens (including phenoxy) is 1. The maximum Gasteiger partial charge on any atom is 0.383 e. The van der Waals surface area contributed by atoms with E-state index < -0.39 is 18.3 Å². The Morgan fingerprint density at radius 3 is 2.50 bits per heavy atom. The average molecular weight is 272 g/mol. The van der Waals surface area contributed by atoms with E-state index in [9.17, 15) is 22.4 Å². The van der Waals surface area contributed by atoms with Gasteiger partial charge < -0.3 is 10.1 Å². The van der Waals surface area contributed by atoms with Gasteiger partial charge in [-0.3, -0.25) is 9.69 Å². The number of hydrogen-bond donors (Lipinski definition) is 1. The van der Waals surface area contributed by atoms with Gasteiger partial charge in [0.25, 0.3) is 5.91 Å². The summed E-state index contributed by atoms with van der Waals surface area (Å²) in [6.45, 7) is 3.32. The molecule has 1 heterocycles. The number of amides is 1. The monoisotopic (exact) mass is 272 g/mol. The van der Waals surface area contributed by atoms with E-state index in [2.05, 4.69) is 4.90 Å². The van der Waals surface area contributed by atoms with E-state index in [1.807, 2.05) is 5.32 Å². The first-order valence-corrected chi connectivity index (χ1v) is 5.69. The van der Waals surface area contributed by atoms with Crippen LogP contribution in [0.2, 0.25) is 0 Å². The lowest BCUT2D eigenvalue weighted by molar-refractivity contribution is -0.169. The maximum absolute atomic E-state index is 12.5. The number of halogens is 4. The highest BCUT2D eigenvalue weighted by Gasteiger charge is 2.48. The van der Waals surface area contributed by atoms with Crippen LogP contribution in [0.4, 0.5) is 17.6 Å². The molecular formula is C10H16F4N2O2. The van der Waals surface area contributed by atoms with Crippen molar-refractivity contribution in [2.75, 3.05) is 39.4 Å². The zero-order valence-electron chi connectivity index (χ0n) is 9.80. The number of rotatable bonds is 6. The van der Waals surface area contributed by atoms with Crippen LogP contribution in [-0.2, 0) is 9.53 Å². The third-order valence-electron chi connectivity index (χ3n) is 2.62. The van der Waals surface area contributed by atoms with Crippen molar-refractivity contribution >= 4 is 5.91 Å². The fourth-order valence-corrected chi connectivity index (χ4v) is 1.55. The summed E-state index contributed by atoms with van der Waals surface area (Å²) >= 11 is 0. The van der Waals surface area contributed by atoms with Crippen molar-refractivity contribution in [3.8, 4) is 0 Å². The highest BCUT2D eigenvalue weighted by Crippen LogP contribution is 2.22. The lowest BCUT2D eigenvalue weighted by atomic mass is 10.3. The van der Waals surface area contributed by atoms with Crippen LogP contribution >= 0.6 is 0 Å². The maximum atomic E-state index is 12.5. The molecule has 0 bridgehead atoms. The van der Waals surface area contributed by atoms with E-state index in [4.69, 9.17) is 4.74 Å². The van der Waals surface area contributed by atoms with E-state index in [-0.39, 0.29) is 6.54 Å². The standard InChI is InChI=1S/C10H16F4N2O2/c11-8(12)10(13,14)9(17)15-2-1-3-16-4-6-18-7-5-16/h8H,1-7H2,(H,15,17). The molecule has 1 aliphatic heterocycles. The zero-order chi connectivity index (χ0) is 13.6. The van der Waals surface area contributed by atoms with Gasteiger partial charge in [-0.2, -0.15) is 8.78 Å². The molecule has 0 radical (unpaired) electrons. The van der Waals surface area contributed by atoms with E-state index in [1.54, 1.807) is 0 Å². The first-order chi connectivity index (χ1) is 8.44. The fraction of sp³-hybridized carbons (Fsp3) is 0.900. The zero-order valence-corrected chi connectivity index (χ0v) is 9.80. The van der Waals surface area contributed by atoms with E-state index in [0.29, 0.717) is 26.2 Å². The molecule has 1 aliphatic rings. The Hall–Kier alpha value is -0.890. The highest BCUT2D eigenvalue weighted by molar-refractivity contribution is 5.83. The minimum Gasteiger partial charge on any atom is -0.379 e. The molecule has 0 aliphatic carbocycles. The Morgan fingerprint density at radius 1 is 1.33 bits per heavy atom. The Bertz CT molecular complexity index is 271.